The predicted molar refractivity (Wildman–Crippen MR) is 71.1 cm³/mol. The van der Waals surface area contributed by atoms with Gasteiger partial charge in [0.2, 0.25) is 0 Å². The van der Waals surface area contributed by atoms with Crippen LogP contribution >= 0.6 is 0 Å². The molecule has 0 aliphatic heterocycles. The summed E-state index contributed by atoms with van der Waals surface area (Å²) in [5, 5.41) is 11.6. The van der Waals surface area contributed by atoms with E-state index in [0.717, 1.165) is 12.8 Å². The molecule has 104 valence electrons. The smallest absolute Gasteiger partial charge is 0.317 e. The predicted octanol–water partition coefficient (Wildman–Crippen LogP) is 1.77. The molecule has 1 heterocycles. The Morgan fingerprint density at radius 1 is 1.37 bits per heavy atom. The SMILES string of the molecule is CC1CC(C)CC(Oc2nccc(/C(N)=N/O)n2)C1. The maximum absolute atomic E-state index is 8.63. The molecular formula is C13H20N4O2. The van der Waals surface area contributed by atoms with Gasteiger partial charge in [-0.05, 0) is 37.2 Å². The fourth-order valence-electron chi connectivity index (χ4n) is 2.71. The maximum atomic E-state index is 8.63. The van der Waals surface area contributed by atoms with Gasteiger partial charge in [0.25, 0.3) is 0 Å². The number of hydrogen-bond acceptors (Lipinski definition) is 5. The van der Waals surface area contributed by atoms with Gasteiger partial charge in [-0.25, -0.2) is 4.98 Å². The van der Waals surface area contributed by atoms with Crippen molar-refractivity contribution in [1.82, 2.24) is 9.97 Å². The van der Waals surface area contributed by atoms with Crippen LogP contribution in [-0.2, 0) is 0 Å². The van der Waals surface area contributed by atoms with E-state index < -0.39 is 0 Å². The molecule has 1 aliphatic carbocycles. The second-order valence-corrected chi connectivity index (χ2v) is 5.37. The number of nitrogens with two attached hydrogens (primary N) is 1. The fourth-order valence-corrected chi connectivity index (χ4v) is 2.71. The lowest BCUT2D eigenvalue weighted by atomic mass is 9.82. The van der Waals surface area contributed by atoms with Crippen molar-refractivity contribution in [2.75, 3.05) is 0 Å². The van der Waals surface area contributed by atoms with E-state index in [4.69, 9.17) is 15.7 Å². The van der Waals surface area contributed by atoms with Crippen LogP contribution in [0.2, 0.25) is 0 Å². The lowest BCUT2D eigenvalue weighted by Crippen LogP contribution is -2.29. The van der Waals surface area contributed by atoms with Gasteiger partial charge in [-0.3, -0.25) is 0 Å². The monoisotopic (exact) mass is 264 g/mol. The van der Waals surface area contributed by atoms with Crippen LogP contribution in [0, 0.1) is 11.8 Å². The average Bonchev–Trinajstić information content (AvgIpc) is 2.37. The molecule has 1 aliphatic rings. The molecule has 6 heteroatoms. The molecule has 0 radical (unpaired) electrons. The second-order valence-electron chi connectivity index (χ2n) is 5.37. The Labute approximate surface area is 112 Å². The number of amidine groups is 1. The van der Waals surface area contributed by atoms with Crippen molar-refractivity contribution >= 4 is 5.84 Å². The fraction of sp³-hybridized carbons (Fsp3) is 0.615. The first-order valence-corrected chi connectivity index (χ1v) is 6.56. The van der Waals surface area contributed by atoms with Gasteiger partial charge in [0.05, 0.1) is 0 Å². The van der Waals surface area contributed by atoms with Crippen LogP contribution in [-0.4, -0.2) is 27.1 Å². The van der Waals surface area contributed by atoms with Gasteiger partial charge in [-0.15, -0.1) is 0 Å². The molecule has 1 fully saturated rings. The highest BCUT2D eigenvalue weighted by Crippen LogP contribution is 2.30. The van der Waals surface area contributed by atoms with Gasteiger partial charge >= 0.3 is 6.01 Å². The molecule has 0 aromatic carbocycles. The van der Waals surface area contributed by atoms with E-state index in [1.807, 2.05) is 0 Å². The molecule has 1 saturated carbocycles. The molecule has 2 atom stereocenters. The molecule has 0 amide bonds. The zero-order valence-corrected chi connectivity index (χ0v) is 11.3. The summed E-state index contributed by atoms with van der Waals surface area (Å²) in [6, 6.07) is 1.86. The third-order valence-electron chi connectivity index (χ3n) is 3.41. The van der Waals surface area contributed by atoms with Crippen molar-refractivity contribution < 1.29 is 9.94 Å². The van der Waals surface area contributed by atoms with Crippen LogP contribution in [0.1, 0.15) is 38.8 Å². The average molecular weight is 264 g/mol. The van der Waals surface area contributed by atoms with Gasteiger partial charge in [-0.2, -0.15) is 4.98 Å². The highest BCUT2D eigenvalue weighted by atomic mass is 16.5. The number of hydrogen-bond donors (Lipinski definition) is 2. The highest BCUT2D eigenvalue weighted by molar-refractivity contribution is 5.95. The van der Waals surface area contributed by atoms with Gasteiger partial charge in [0.1, 0.15) is 11.8 Å². The lowest BCUT2D eigenvalue weighted by Gasteiger charge is -2.30. The zero-order valence-electron chi connectivity index (χ0n) is 11.3. The minimum atomic E-state index is -0.0439. The first kappa shape index (κ1) is 13.6. The van der Waals surface area contributed by atoms with E-state index in [9.17, 15) is 0 Å². The Bertz CT molecular complexity index is 454. The Hall–Kier alpha value is -1.85. The summed E-state index contributed by atoms with van der Waals surface area (Å²) in [6.07, 6.45) is 4.96. The van der Waals surface area contributed by atoms with Crippen LogP contribution in [0.4, 0.5) is 0 Å². The Morgan fingerprint density at radius 2 is 2.05 bits per heavy atom. The summed E-state index contributed by atoms with van der Waals surface area (Å²) < 4.78 is 5.82. The summed E-state index contributed by atoms with van der Waals surface area (Å²) in [6.45, 7) is 4.47. The quantitative estimate of drug-likeness (QED) is 0.375. The van der Waals surface area contributed by atoms with E-state index >= 15 is 0 Å². The molecular weight excluding hydrogens is 244 g/mol. The van der Waals surface area contributed by atoms with Gasteiger partial charge in [0.15, 0.2) is 5.84 Å². The van der Waals surface area contributed by atoms with E-state index in [-0.39, 0.29) is 18.0 Å². The van der Waals surface area contributed by atoms with Crippen molar-refractivity contribution in [2.45, 2.75) is 39.2 Å². The first-order chi connectivity index (χ1) is 9.08. The molecule has 2 rings (SSSR count). The zero-order chi connectivity index (χ0) is 13.8. The molecule has 19 heavy (non-hydrogen) atoms. The molecule has 1 aromatic heterocycles. The summed E-state index contributed by atoms with van der Waals surface area (Å²) >= 11 is 0. The highest BCUT2D eigenvalue weighted by Gasteiger charge is 2.25. The largest absolute Gasteiger partial charge is 0.460 e. The standard InChI is InChI=1S/C13H20N4O2/c1-8-5-9(2)7-10(6-8)19-13-15-4-3-11(16-13)12(14)17-18/h3-4,8-10,18H,5-7H2,1-2H3,(H2,14,17). The number of ether oxygens (including phenoxy) is 1. The Balaban J connectivity index is 2.06. The topological polar surface area (TPSA) is 93.6 Å². The first-order valence-electron chi connectivity index (χ1n) is 6.56. The molecule has 0 bridgehead atoms. The maximum Gasteiger partial charge on any atom is 0.317 e. The van der Waals surface area contributed by atoms with Crippen molar-refractivity contribution in [3.63, 3.8) is 0 Å². The minimum absolute atomic E-state index is 0.0439. The number of aromatic nitrogens is 2. The van der Waals surface area contributed by atoms with Crippen LogP contribution in [0.25, 0.3) is 0 Å². The van der Waals surface area contributed by atoms with Crippen LogP contribution in [0.3, 0.4) is 0 Å². The summed E-state index contributed by atoms with van der Waals surface area (Å²) in [7, 11) is 0. The molecule has 0 saturated heterocycles. The minimum Gasteiger partial charge on any atom is -0.460 e. The number of nitrogens with zero attached hydrogens (tertiary/aromatic N) is 3. The molecule has 1 aromatic rings. The normalized spacial score (nSPS) is 28.1. The van der Waals surface area contributed by atoms with E-state index in [1.165, 1.54) is 6.42 Å². The molecule has 3 N–H and O–H groups in total. The number of oxime groups is 1. The summed E-state index contributed by atoms with van der Waals surface area (Å²) in [5.41, 5.74) is 5.86. The van der Waals surface area contributed by atoms with Crippen molar-refractivity contribution in [3.8, 4) is 6.01 Å². The van der Waals surface area contributed by atoms with Crippen molar-refractivity contribution in [2.24, 2.45) is 22.7 Å². The Kier molecular flexibility index (Phi) is 4.19. The van der Waals surface area contributed by atoms with Crippen LogP contribution < -0.4 is 10.5 Å². The van der Waals surface area contributed by atoms with Crippen molar-refractivity contribution in [1.29, 1.82) is 0 Å². The summed E-state index contributed by atoms with van der Waals surface area (Å²) in [5.74, 6) is 1.26. The van der Waals surface area contributed by atoms with Crippen LogP contribution in [0.15, 0.2) is 17.4 Å². The van der Waals surface area contributed by atoms with Crippen molar-refractivity contribution in [3.05, 3.63) is 18.0 Å². The molecule has 0 spiro atoms. The lowest BCUT2D eigenvalue weighted by molar-refractivity contribution is 0.0919. The van der Waals surface area contributed by atoms with E-state index in [0.29, 0.717) is 17.5 Å². The molecule has 6 nitrogen and oxygen atoms in total. The Morgan fingerprint density at radius 3 is 2.68 bits per heavy atom. The number of rotatable bonds is 3. The van der Waals surface area contributed by atoms with E-state index in [2.05, 4.69) is 29.0 Å². The third-order valence-corrected chi connectivity index (χ3v) is 3.41. The van der Waals surface area contributed by atoms with Gasteiger partial charge in [-0.1, -0.05) is 19.0 Å². The second kappa shape index (κ2) is 5.86. The summed E-state index contributed by atoms with van der Waals surface area (Å²) in [4.78, 5) is 8.21. The third kappa shape index (κ3) is 3.56. The van der Waals surface area contributed by atoms with E-state index in [1.54, 1.807) is 12.3 Å². The van der Waals surface area contributed by atoms with Crippen LogP contribution in [0.5, 0.6) is 6.01 Å². The molecule has 2 unspecified atom stereocenters. The van der Waals surface area contributed by atoms with Gasteiger partial charge < -0.3 is 15.7 Å². The van der Waals surface area contributed by atoms with Gasteiger partial charge in [0, 0.05) is 6.20 Å².